The summed E-state index contributed by atoms with van der Waals surface area (Å²) in [6, 6.07) is 6.55. The van der Waals surface area contributed by atoms with Gasteiger partial charge >= 0.3 is 29.6 Å². The van der Waals surface area contributed by atoms with Crippen LogP contribution in [-0.4, -0.2) is 6.61 Å². The fourth-order valence-corrected chi connectivity index (χ4v) is 2.78. The summed E-state index contributed by atoms with van der Waals surface area (Å²) >= 11 is 0. The monoisotopic (exact) mass is 348 g/mol. The molecular weight excluding hydrogens is 319 g/mol. The van der Waals surface area contributed by atoms with Crippen LogP contribution >= 0.6 is 0 Å². The van der Waals surface area contributed by atoms with Crippen molar-refractivity contribution in [2.24, 2.45) is 0 Å². The van der Waals surface area contributed by atoms with E-state index in [9.17, 15) is 8.42 Å². The van der Waals surface area contributed by atoms with Crippen molar-refractivity contribution < 1.29 is 42.7 Å². The minimum Gasteiger partial charge on any atom is -0.494 e. The quantitative estimate of drug-likeness (QED) is 0.313. The van der Waals surface area contributed by atoms with Gasteiger partial charge < -0.3 is 13.2 Å². The van der Waals surface area contributed by atoms with E-state index >= 15 is 0 Å². The molecule has 23 heavy (non-hydrogen) atoms. The molecule has 0 saturated carbocycles. The minimum atomic E-state index is -2.16. The number of ether oxygens (including phenoxy) is 1. The van der Waals surface area contributed by atoms with E-state index in [0.717, 1.165) is 12.2 Å². The second kappa shape index (κ2) is 15.5. The number of unbranched alkanes of at least 4 members (excludes halogenated alkanes) is 9. The Bertz CT molecular complexity index is 450. The maximum absolute atomic E-state index is 10.7. The van der Waals surface area contributed by atoms with Crippen LogP contribution in [0.25, 0.3) is 0 Å². The molecule has 0 atom stereocenters. The Labute approximate surface area is 165 Å². The van der Waals surface area contributed by atoms with Crippen LogP contribution in [0, 0.1) is 0 Å². The summed E-state index contributed by atoms with van der Waals surface area (Å²) in [7, 11) is -2.16. The third kappa shape index (κ3) is 12.0. The van der Waals surface area contributed by atoms with Gasteiger partial charge in [-0.2, -0.15) is 0 Å². The zero-order chi connectivity index (χ0) is 16.0. The van der Waals surface area contributed by atoms with Crippen molar-refractivity contribution in [2.75, 3.05) is 6.61 Å². The molecule has 0 aliphatic carbocycles. The Morgan fingerprint density at radius 2 is 1.26 bits per heavy atom. The van der Waals surface area contributed by atoms with Crippen LogP contribution in [0.5, 0.6) is 5.75 Å². The molecule has 0 radical (unpaired) electrons. The van der Waals surface area contributed by atoms with Gasteiger partial charge in [-0.1, -0.05) is 81.7 Å². The molecule has 0 amide bonds. The fraction of sp³-hybridized carbons (Fsp3) is 0.667. The Morgan fingerprint density at radius 3 is 1.74 bits per heavy atom. The normalized spacial score (nSPS) is 10.5. The van der Waals surface area contributed by atoms with Gasteiger partial charge in [-0.25, -0.2) is 0 Å². The topological polar surface area (TPSA) is 43.4 Å². The van der Waals surface area contributed by atoms with Crippen molar-refractivity contribution in [1.82, 2.24) is 0 Å². The van der Waals surface area contributed by atoms with Crippen LogP contribution in [0.4, 0.5) is 0 Å². The number of rotatable bonds is 13. The standard InChI is InChI=1S/C18H29O3S.Na/c1-2-3-4-5-6-7-8-9-10-11-16-21-17-12-14-18(15-13-17)22(19)20;/h12-15H,2-11,16H2,1H3;/q-1;+1. The van der Waals surface area contributed by atoms with Crippen LogP contribution in [-0.2, 0) is 19.1 Å². The molecule has 3 nitrogen and oxygen atoms in total. The maximum atomic E-state index is 10.7. The van der Waals surface area contributed by atoms with Crippen molar-refractivity contribution in [3.05, 3.63) is 24.3 Å². The van der Waals surface area contributed by atoms with Gasteiger partial charge in [-0.3, -0.25) is 0 Å². The number of hydrogen-bond acceptors (Lipinski definition) is 4. The van der Waals surface area contributed by atoms with Crippen molar-refractivity contribution in [2.45, 2.75) is 76.0 Å². The number of benzene rings is 1. The van der Waals surface area contributed by atoms with Crippen LogP contribution < -0.4 is 34.3 Å². The molecule has 0 fully saturated rings. The zero-order valence-electron chi connectivity index (χ0n) is 14.7. The van der Waals surface area contributed by atoms with Gasteiger partial charge in [0.15, 0.2) is 0 Å². The van der Waals surface area contributed by atoms with Gasteiger partial charge in [0, 0.05) is 0 Å². The fourth-order valence-electron chi connectivity index (χ4n) is 2.43. The minimum absolute atomic E-state index is 0. The van der Waals surface area contributed by atoms with E-state index < -0.39 is 10.7 Å². The summed E-state index contributed by atoms with van der Waals surface area (Å²) in [6.07, 6.45) is 13.1. The van der Waals surface area contributed by atoms with Gasteiger partial charge in [0.25, 0.3) is 0 Å². The summed E-state index contributed by atoms with van der Waals surface area (Å²) < 4.78 is 27.1. The van der Waals surface area contributed by atoms with E-state index in [4.69, 9.17) is 4.74 Å². The summed E-state index contributed by atoms with van der Waals surface area (Å²) in [5, 5.41) is 0. The third-order valence-electron chi connectivity index (χ3n) is 3.78. The predicted molar refractivity (Wildman–Crippen MR) is 90.8 cm³/mol. The van der Waals surface area contributed by atoms with Crippen LogP contribution in [0.15, 0.2) is 29.2 Å². The first-order valence-corrected chi connectivity index (χ1v) is 9.63. The van der Waals surface area contributed by atoms with Crippen LogP contribution in [0.3, 0.4) is 0 Å². The maximum Gasteiger partial charge on any atom is 1.00 e. The first kappa shape index (κ1) is 23.0. The first-order valence-electron chi connectivity index (χ1n) is 8.56. The summed E-state index contributed by atoms with van der Waals surface area (Å²) in [6.45, 7) is 2.96. The molecule has 0 spiro atoms. The Morgan fingerprint density at radius 1 is 0.783 bits per heavy atom. The molecule has 0 heterocycles. The average Bonchev–Trinajstić information content (AvgIpc) is 2.53. The molecule has 1 aromatic rings. The largest absolute Gasteiger partial charge is 1.00 e. The molecule has 0 unspecified atom stereocenters. The summed E-state index contributed by atoms with van der Waals surface area (Å²) in [4.78, 5) is 0.297. The first-order chi connectivity index (χ1) is 10.7. The van der Waals surface area contributed by atoms with Crippen molar-refractivity contribution in [3.63, 3.8) is 0 Å². The van der Waals surface area contributed by atoms with Crippen molar-refractivity contribution in [1.29, 1.82) is 0 Å². The summed E-state index contributed by atoms with van der Waals surface area (Å²) in [5.41, 5.74) is 0. The molecule has 0 aliphatic rings. The molecule has 0 saturated heterocycles. The van der Waals surface area contributed by atoms with Crippen molar-refractivity contribution in [3.8, 4) is 5.75 Å². The molecule has 126 valence electrons. The SMILES string of the molecule is CCCCCCCCCCCCOc1ccc([S-](=O)=O)cc1.[Na+]. The molecular formula is C18H29NaO3S. The number of hydrogen-bond donors (Lipinski definition) is 0. The van der Waals surface area contributed by atoms with E-state index in [1.54, 1.807) is 24.3 Å². The smallest absolute Gasteiger partial charge is 0.494 e. The van der Waals surface area contributed by atoms with Crippen LogP contribution in [0.1, 0.15) is 71.1 Å². The van der Waals surface area contributed by atoms with E-state index in [-0.39, 0.29) is 29.6 Å². The third-order valence-corrected chi connectivity index (χ3v) is 4.44. The molecule has 0 aromatic heterocycles. The van der Waals surface area contributed by atoms with Gasteiger partial charge in [0.05, 0.1) is 6.61 Å². The predicted octanol–water partition coefficient (Wildman–Crippen LogP) is 2.66. The average molecular weight is 348 g/mol. The van der Waals surface area contributed by atoms with Crippen LogP contribution in [0.2, 0.25) is 0 Å². The molecule has 1 rings (SSSR count). The van der Waals surface area contributed by atoms with E-state index in [1.165, 1.54) is 57.8 Å². The summed E-state index contributed by atoms with van der Waals surface area (Å²) in [5.74, 6) is 0.741. The molecule has 0 N–H and O–H groups in total. The molecule has 5 heteroatoms. The van der Waals surface area contributed by atoms with Crippen molar-refractivity contribution >= 4 is 10.7 Å². The van der Waals surface area contributed by atoms with E-state index in [2.05, 4.69) is 6.92 Å². The second-order valence-electron chi connectivity index (χ2n) is 5.74. The second-order valence-corrected chi connectivity index (χ2v) is 6.68. The molecule has 1 aromatic carbocycles. The van der Waals surface area contributed by atoms with E-state index in [0.29, 0.717) is 11.5 Å². The van der Waals surface area contributed by atoms with E-state index in [1.807, 2.05) is 0 Å². The molecule has 0 bridgehead atoms. The van der Waals surface area contributed by atoms with Gasteiger partial charge in [0.1, 0.15) is 5.75 Å². The zero-order valence-corrected chi connectivity index (χ0v) is 17.5. The Kier molecular flexibility index (Phi) is 15.5. The molecule has 0 aliphatic heterocycles. The Balaban J connectivity index is 0.00000484. The Hall–Kier alpha value is -0.0300. The van der Waals surface area contributed by atoms with Gasteiger partial charge in [-0.05, 0) is 29.3 Å². The van der Waals surface area contributed by atoms with Gasteiger partial charge in [-0.15, -0.1) is 0 Å². The van der Waals surface area contributed by atoms with Gasteiger partial charge in [0.2, 0.25) is 0 Å².